The molecule has 1 unspecified atom stereocenters. The summed E-state index contributed by atoms with van der Waals surface area (Å²) >= 11 is 0. The summed E-state index contributed by atoms with van der Waals surface area (Å²) in [5.41, 5.74) is 3.68. The molecule has 1 atom stereocenters. The maximum atomic E-state index is 13.5. The van der Waals surface area contributed by atoms with Crippen molar-refractivity contribution in [3.05, 3.63) is 95.8 Å². The van der Waals surface area contributed by atoms with E-state index in [1.807, 2.05) is 0 Å². The predicted octanol–water partition coefficient (Wildman–Crippen LogP) is 6.27. The largest absolute Gasteiger partial charge is 0.492 e. The lowest BCUT2D eigenvalue weighted by Crippen LogP contribution is -2.39. The van der Waals surface area contributed by atoms with Crippen LogP contribution >= 0.6 is 0 Å². The van der Waals surface area contributed by atoms with Crippen LogP contribution in [-0.4, -0.2) is 43.6 Å². The van der Waals surface area contributed by atoms with Gasteiger partial charge in [-0.05, 0) is 86.1 Å². The van der Waals surface area contributed by atoms with Gasteiger partial charge in [-0.2, -0.15) is 0 Å². The summed E-state index contributed by atoms with van der Waals surface area (Å²) in [6.45, 7) is 4.19. The first-order chi connectivity index (χ1) is 17.7. The van der Waals surface area contributed by atoms with E-state index >= 15 is 0 Å². The lowest BCUT2D eigenvalue weighted by Gasteiger charge is -2.33. The first-order valence-electron chi connectivity index (χ1n) is 13.2. The number of nitrogens with zero attached hydrogens (tertiary/aromatic N) is 2. The highest BCUT2D eigenvalue weighted by Crippen LogP contribution is 2.39. The van der Waals surface area contributed by atoms with Crippen molar-refractivity contribution in [3.63, 3.8) is 0 Å². The van der Waals surface area contributed by atoms with E-state index in [4.69, 9.17) is 4.74 Å². The first kappa shape index (κ1) is 24.5. The van der Waals surface area contributed by atoms with Crippen molar-refractivity contribution in [1.82, 2.24) is 4.90 Å². The normalized spacial score (nSPS) is 18.9. The van der Waals surface area contributed by atoms with Crippen molar-refractivity contribution in [2.75, 3.05) is 37.7 Å². The molecule has 0 aliphatic carbocycles. The molecule has 0 N–H and O–H groups in total. The molecule has 5 heteroatoms. The lowest BCUT2D eigenvalue weighted by molar-refractivity contribution is -0.119. The Morgan fingerprint density at radius 2 is 1.58 bits per heavy atom. The molecule has 1 amide bonds. The summed E-state index contributed by atoms with van der Waals surface area (Å²) in [5.74, 6) is 1.46. The molecule has 3 aromatic carbocycles. The highest BCUT2D eigenvalue weighted by Gasteiger charge is 2.29. The number of rotatable bonds is 7. The van der Waals surface area contributed by atoms with Crippen LogP contribution in [0.4, 0.5) is 10.1 Å². The van der Waals surface area contributed by atoms with Gasteiger partial charge in [-0.3, -0.25) is 9.69 Å². The number of fused-ring (bicyclic) bond motifs is 1. The molecule has 0 bridgehead atoms. The highest BCUT2D eigenvalue weighted by atomic mass is 19.1. The van der Waals surface area contributed by atoms with Crippen molar-refractivity contribution >= 4 is 11.6 Å². The molecule has 0 saturated carbocycles. The molecule has 0 aromatic heterocycles. The average molecular weight is 487 g/mol. The number of para-hydroxylation sites is 1. The fraction of sp³-hybridized carbons (Fsp3) is 0.387. The number of halogens is 1. The van der Waals surface area contributed by atoms with Gasteiger partial charge in [0.05, 0.1) is 0 Å². The van der Waals surface area contributed by atoms with Gasteiger partial charge in [-0.15, -0.1) is 0 Å². The van der Waals surface area contributed by atoms with Crippen LogP contribution in [0, 0.1) is 11.7 Å². The third-order valence-electron chi connectivity index (χ3n) is 7.64. The van der Waals surface area contributed by atoms with Gasteiger partial charge in [-0.1, -0.05) is 48.5 Å². The van der Waals surface area contributed by atoms with Crippen LogP contribution in [-0.2, 0) is 4.79 Å². The number of likely N-dealkylation sites (tertiary alicyclic amines) is 1. The Hall–Kier alpha value is -3.18. The molecule has 4 nitrogen and oxygen atoms in total. The Balaban J connectivity index is 1.15. The second kappa shape index (κ2) is 11.7. The minimum Gasteiger partial charge on any atom is -0.492 e. The number of anilines is 1. The van der Waals surface area contributed by atoms with E-state index in [1.165, 1.54) is 23.3 Å². The van der Waals surface area contributed by atoms with E-state index in [2.05, 4.69) is 64.4 Å². The molecule has 0 spiro atoms. The zero-order valence-electron chi connectivity index (χ0n) is 20.8. The Kier molecular flexibility index (Phi) is 7.97. The SMILES string of the molecule is O=C(CC1CCN(CCOc2ccc(F)cc2)CC1)N1CCCC(c2ccccc2)c2ccccc21. The van der Waals surface area contributed by atoms with Crippen molar-refractivity contribution in [1.29, 1.82) is 0 Å². The number of carbonyl (C=O) groups excluding carboxylic acids is 1. The van der Waals surface area contributed by atoms with Gasteiger partial charge in [0.15, 0.2) is 0 Å². The molecule has 1 fully saturated rings. The third-order valence-corrected chi connectivity index (χ3v) is 7.64. The molecule has 2 heterocycles. The van der Waals surface area contributed by atoms with E-state index in [9.17, 15) is 9.18 Å². The van der Waals surface area contributed by atoms with Gasteiger partial charge in [0.1, 0.15) is 18.2 Å². The van der Waals surface area contributed by atoms with Crippen molar-refractivity contribution in [2.45, 2.75) is 38.0 Å². The van der Waals surface area contributed by atoms with Gasteiger partial charge in [-0.25, -0.2) is 4.39 Å². The highest BCUT2D eigenvalue weighted by molar-refractivity contribution is 5.94. The molecular weight excluding hydrogens is 451 g/mol. The van der Waals surface area contributed by atoms with Gasteiger partial charge in [0.2, 0.25) is 5.91 Å². The number of ether oxygens (including phenoxy) is 1. The number of hydrogen-bond acceptors (Lipinski definition) is 3. The third kappa shape index (κ3) is 5.96. The van der Waals surface area contributed by atoms with Crippen LogP contribution in [0.1, 0.15) is 49.1 Å². The Morgan fingerprint density at radius 1 is 0.861 bits per heavy atom. The Labute approximate surface area is 213 Å². The minimum absolute atomic E-state index is 0.251. The topological polar surface area (TPSA) is 32.8 Å². The van der Waals surface area contributed by atoms with Crippen molar-refractivity contribution in [2.24, 2.45) is 5.92 Å². The monoisotopic (exact) mass is 486 g/mol. The summed E-state index contributed by atoms with van der Waals surface area (Å²) < 4.78 is 18.8. The number of carbonyl (C=O) groups is 1. The summed E-state index contributed by atoms with van der Waals surface area (Å²) in [6, 6.07) is 25.3. The van der Waals surface area contributed by atoms with Crippen LogP contribution in [0.5, 0.6) is 5.75 Å². The van der Waals surface area contributed by atoms with Crippen LogP contribution in [0.3, 0.4) is 0 Å². The van der Waals surface area contributed by atoms with Gasteiger partial charge < -0.3 is 9.64 Å². The standard InChI is InChI=1S/C31H35FN2O2/c32-26-12-14-27(15-13-26)36-22-21-33-19-16-24(17-20-33)23-31(35)34-18-6-10-28(25-7-2-1-3-8-25)29-9-4-5-11-30(29)34/h1-5,7-9,11-15,24,28H,6,10,16-23H2. The van der Waals surface area contributed by atoms with E-state index in [0.717, 1.165) is 57.5 Å². The van der Waals surface area contributed by atoms with Crippen LogP contribution < -0.4 is 9.64 Å². The van der Waals surface area contributed by atoms with E-state index in [-0.39, 0.29) is 11.7 Å². The van der Waals surface area contributed by atoms with Gasteiger partial charge >= 0.3 is 0 Å². The molecule has 5 rings (SSSR count). The van der Waals surface area contributed by atoms with Crippen LogP contribution in [0.15, 0.2) is 78.9 Å². The maximum absolute atomic E-state index is 13.5. The molecule has 1 saturated heterocycles. The van der Waals surface area contributed by atoms with Gasteiger partial charge in [0.25, 0.3) is 0 Å². The fourth-order valence-electron chi connectivity index (χ4n) is 5.64. The molecule has 2 aliphatic rings. The average Bonchev–Trinajstić information content (AvgIpc) is 3.11. The quantitative estimate of drug-likeness (QED) is 0.395. The summed E-state index contributed by atoms with van der Waals surface area (Å²) in [4.78, 5) is 18.0. The summed E-state index contributed by atoms with van der Waals surface area (Å²) in [5, 5.41) is 0. The molecule has 188 valence electrons. The lowest BCUT2D eigenvalue weighted by atomic mass is 9.87. The van der Waals surface area contributed by atoms with Gasteiger partial charge in [0, 0.05) is 31.1 Å². The number of amides is 1. The number of piperidine rings is 1. The second-order valence-corrected chi connectivity index (χ2v) is 10.0. The molecule has 0 radical (unpaired) electrons. The minimum atomic E-state index is -0.251. The van der Waals surface area contributed by atoms with Crippen molar-refractivity contribution in [3.8, 4) is 5.75 Å². The van der Waals surface area contributed by atoms with Crippen LogP contribution in [0.25, 0.3) is 0 Å². The van der Waals surface area contributed by atoms with E-state index in [0.29, 0.717) is 30.6 Å². The Bertz CT molecular complexity index is 1130. The molecule has 36 heavy (non-hydrogen) atoms. The van der Waals surface area contributed by atoms with Crippen LogP contribution in [0.2, 0.25) is 0 Å². The number of benzene rings is 3. The Morgan fingerprint density at radius 3 is 2.36 bits per heavy atom. The van der Waals surface area contributed by atoms with Crippen molar-refractivity contribution < 1.29 is 13.9 Å². The summed E-state index contributed by atoms with van der Waals surface area (Å²) in [6.07, 6.45) is 4.74. The molecule has 3 aromatic rings. The molecule has 2 aliphatic heterocycles. The summed E-state index contributed by atoms with van der Waals surface area (Å²) in [7, 11) is 0. The second-order valence-electron chi connectivity index (χ2n) is 10.0. The smallest absolute Gasteiger partial charge is 0.227 e. The maximum Gasteiger partial charge on any atom is 0.227 e. The van der Waals surface area contributed by atoms with E-state index in [1.54, 1.807) is 12.1 Å². The number of hydrogen-bond donors (Lipinski definition) is 0. The first-order valence-corrected chi connectivity index (χ1v) is 13.2. The zero-order chi connectivity index (χ0) is 24.7. The predicted molar refractivity (Wildman–Crippen MR) is 142 cm³/mol. The van der Waals surface area contributed by atoms with E-state index < -0.39 is 0 Å². The molecular formula is C31H35FN2O2. The fourth-order valence-corrected chi connectivity index (χ4v) is 5.64. The zero-order valence-corrected chi connectivity index (χ0v) is 20.8.